The lowest BCUT2D eigenvalue weighted by atomic mass is 10.1. The summed E-state index contributed by atoms with van der Waals surface area (Å²) in [7, 11) is 0. The highest BCUT2D eigenvalue weighted by Gasteiger charge is 1.90. The zero-order chi connectivity index (χ0) is 14.2. The standard InChI is InChI=1S/2C7H15NO/c2*1-3-4-5-6-7(2)8-9/h2*9H,3-6H2,1-2H3. The second kappa shape index (κ2) is 15.9. The molecule has 0 aliphatic carbocycles. The van der Waals surface area contributed by atoms with Crippen molar-refractivity contribution >= 4 is 11.4 Å². The van der Waals surface area contributed by atoms with E-state index in [-0.39, 0.29) is 0 Å². The molecule has 0 unspecified atom stereocenters. The predicted molar refractivity (Wildman–Crippen MR) is 78.1 cm³/mol. The lowest BCUT2D eigenvalue weighted by Crippen LogP contribution is -1.89. The lowest BCUT2D eigenvalue weighted by molar-refractivity contribution is 0.317. The fourth-order valence-corrected chi connectivity index (χ4v) is 1.36. The fraction of sp³-hybridized carbons (Fsp3) is 0.857. The smallest absolute Gasteiger partial charge is 0.0540 e. The van der Waals surface area contributed by atoms with Crippen molar-refractivity contribution < 1.29 is 10.4 Å². The molecule has 0 aromatic rings. The van der Waals surface area contributed by atoms with E-state index in [0.717, 1.165) is 37.1 Å². The van der Waals surface area contributed by atoms with Crippen molar-refractivity contribution in [2.75, 3.05) is 0 Å². The van der Waals surface area contributed by atoms with E-state index in [0.29, 0.717) is 0 Å². The van der Waals surface area contributed by atoms with Gasteiger partial charge in [-0.15, -0.1) is 0 Å². The van der Waals surface area contributed by atoms with Gasteiger partial charge in [0.1, 0.15) is 0 Å². The first-order valence-corrected chi connectivity index (χ1v) is 6.97. The largest absolute Gasteiger partial charge is 0.411 e. The van der Waals surface area contributed by atoms with Crippen LogP contribution >= 0.6 is 0 Å². The van der Waals surface area contributed by atoms with Crippen LogP contribution in [-0.2, 0) is 0 Å². The number of hydrogen-bond acceptors (Lipinski definition) is 4. The van der Waals surface area contributed by atoms with Crippen LogP contribution < -0.4 is 0 Å². The molecule has 0 radical (unpaired) electrons. The Kier molecular flexibility index (Phi) is 17.1. The zero-order valence-corrected chi connectivity index (χ0v) is 12.4. The SMILES string of the molecule is CCCCCC(C)=NO.CCCCCC(C)=NO. The summed E-state index contributed by atoms with van der Waals surface area (Å²) in [5, 5.41) is 22.6. The van der Waals surface area contributed by atoms with Gasteiger partial charge in [-0.25, -0.2) is 0 Å². The Morgan fingerprint density at radius 2 is 1.06 bits per heavy atom. The van der Waals surface area contributed by atoms with Crippen molar-refractivity contribution in [3.63, 3.8) is 0 Å². The third-order valence-electron chi connectivity index (χ3n) is 2.63. The second-order valence-electron chi connectivity index (χ2n) is 4.58. The summed E-state index contributed by atoms with van der Waals surface area (Å²) in [5.41, 5.74) is 1.67. The van der Waals surface area contributed by atoms with Crippen LogP contribution in [0.3, 0.4) is 0 Å². The Bertz CT molecular complexity index is 202. The molecule has 108 valence electrons. The predicted octanol–water partition coefficient (Wildman–Crippen LogP) is 4.83. The van der Waals surface area contributed by atoms with E-state index in [1.165, 1.54) is 25.7 Å². The molecule has 0 saturated carbocycles. The Morgan fingerprint density at radius 3 is 1.28 bits per heavy atom. The van der Waals surface area contributed by atoms with Crippen LogP contribution in [0.15, 0.2) is 10.3 Å². The number of unbranched alkanes of at least 4 members (excludes halogenated alkanes) is 4. The van der Waals surface area contributed by atoms with Gasteiger partial charge in [0.2, 0.25) is 0 Å². The molecule has 0 aliphatic heterocycles. The molecule has 18 heavy (non-hydrogen) atoms. The highest BCUT2D eigenvalue weighted by molar-refractivity contribution is 5.81. The van der Waals surface area contributed by atoms with Crippen LogP contribution in [0.1, 0.15) is 79.1 Å². The topological polar surface area (TPSA) is 65.2 Å². The fourth-order valence-electron chi connectivity index (χ4n) is 1.36. The molecule has 0 fully saturated rings. The van der Waals surface area contributed by atoms with E-state index in [1.54, 1.807) is 0 Å². The summed E-state index contributed by atoms with van der Waals surface area (Å²) >= 11 is 0. The summed E-state index contributed by atoms with van der Waals surface area (Å²) in [5.74, 6) is 0. The monoisotopic (exact) mass is 258 g/mol. The van der Waals surface area contributed by atoms with Gasteiger partial charge < -0.3 is 10.4 Å². The van der Waals surface area contributed by atoms with Crippen LogP contribution in [0.5, 0.6) is 0 Å². The Balaban J connectivity index is 0. The number of rotatable bonds is 8. The maximum atomic E-state index is 8.22. The minimum atomic E-state index is 0.837. The van der Waals surface area contributed by atoms with Crippen molar-refractivity contribution in [2.24, 2.45) is 10.3 Å². The molecular weight excluding hydrogens is 228 g/mol. The van der Waals surface area contributed by atoms with Crippen LogP contribution in [0.25, 0.3) is 0 Å². The van der Waals surface area contributed by atoms with E-state index >= 15 is 0 Å². The summed E-state index contributed by atoms with van der Waals surface area (Å²) < 4.78 is 0. The Labute approximate surface area is 112 Å². The third kappa shape index (κ3) is 17.3. The first kappa shape index (κ1) is 19.3. The van der Waals surface area contributed by atoms with Crippen LogP contribution in [0.4, 0.5) is 0 Å². The molecular formula is C14H30N2O2. The van der Waals surface area contributed by atoms with Crippen LogP contribution in [-0.4, -0.2) is 21.8 Å². The molecule has 0 rings (SSSR count). The number of oxime groups is 2. The molecule has 0 aromatic heterocycles. The molecule has 0 atom stereocenters. The molecule has 4 heteroatoms. The summed E-state index contributed by atoms with van der Waals surface area (Å²) in [6, 6.07) is 0. The van der Waals surface area contributed by atoms with E-state index in [1.807, 2.05) is 13.8 Å². The summed E-state index contributed by atoms with van der Waals surface area (Å²) in [6.45, 7) is 8.00. The molecule has 0 bridgehead atoms. The summed E-state index contributed by atoms with van der Waals surface area (Å²) in [6.07, 6.45) is 9.06. The van der Waals surface area contributed by atoms with E-state index in [4.69, 9.17) is 10.4 Å². The maximum Gasteiger partial charge on any atom is 0.0540 e. The molecule has 0 spiro atoms. The molecule has 0 amide bonds. The number of nitrogens with zero attached hydrogens (tertiary/aromatic N) is 2. The van der Waals surface area contributed by atoms with Gasteiger partial charge in [-0.1, -0.05) is 49.8 Å². The van der Waals surface area contributed by atoms with Crippen LogP contribution in [0.2, 0.25) is 0 Å². The van der Waals surface area contributed by atoms with Crippen molar-refractivity contribution in [3.05, 3.63) is 0 Å². The van der Waals surface area contributed by atoms with E-state index in [9.17, 15) is 0 Å². The molecule has 0 saturated heterocycles. The minimum Gasteiger partial charge on any atom is -0.411 e. The van der Waals surface area contributed by atoms with E-state index < -0.39 is 0 Å². The third-order valence-corrected chi connectivity index (χ3v) is 2.63. The molecule has 0 heterocycles. The molecule has 0 aromatic carbocycles. The zero-order valence-electron chi connectivity index (χ0n) is 12.4. The van der Waals surface area contributed by atoms with Crippen molar-refractivity contribution in [3.8, 4) is 0 Å². The van der Waals surface area contributed by atoms with Gasteiger partial charge in [-0.05, 0) is 39.5 Å². The van der Waals surface area contributed by atoms with Gasteiger partial charge >= 0.3 is 0 Å². The first-order chi connectivity index (χ1) is 8.62. The average Bonchev–Trinajstić information content (AvgIpc) is 2.39. The van der Waals surface area contributed by atoms with Gasteiger partial charge in [0.05, 0.1) is 11.4 Å². The molecule has 0 aliphatic rings. The van der Waals surface area contributed by atoms with Crippen LogP contribution in [0, 0.1) is 0 Å². The van der Waals surface area contributed by atoms with Gasteiger partial charge in [0.25, 0.3) is 0 Å². The van der Waals surface area contributed by atoms with Gasteiger partial charge in [-0.2, -0.15) is 0 Å². The molecule has 2 N–H and O–H groups in total. The minimum absolute atomic E-state index is 0.837. The number of hydrogen-bond donors (Lipinski definition) is 2. The Morgan fingerprint density at radius 1 is 0.722 bits per heavy atom. The van der Waals surface area contributed by atoms with Crippen molar-refractivity contribution in [1.29, 1.82) is 0 Å². The normalized spacial score (nSPS) is 12.0. The maximum absolute atomic E-state index is 8.22. The highest BCUT2D eigenvalue weighted by atomic mass is 16.4. The highest BCUT2D eigenvalue weighted by Crippen LogP contribution is 2.00. The molecule has 4 nitrogen and oxygen atoms in total. The average molecular weight is 258 g/mol. The van der Waals surface area contributed by atoms with Gasteiger partial charge in [0, 0.05) is 0 Å². The van der Waals surface area contributed by atoms with E-state index in [2.05, 4.69) is 24.2 Å². The van der Waals surface area contributed by atoms with Crippen molar-refractivity contribution in [2.45, 2.75) is 79.1 Å². The lowest BCUT2D eigenvalue weighted by Gasteiger charge is -1.94. The first-order valence-electron chi connectivity index (χ1n) is 6.97. The van der Waals surface area contributed by atoms with Gasteiger partial charge in [0.15, 0.2) is 0 Å². The van der Waals surface area contributed by atoms with Crippen molar-refractivity contribution in [1.82, 2.24) is 0 Å². The second-order valence-corrected chi connectivity index (χ2v) is 4.58. The summed E-state index contributed by atoms with van der Waals surface area (Å²) in [4.78, 5) is 0. The van der Waals surface area contributed by atoms with Gasteiger partial charge in [-0.3, -0.25) is 0 Å². The Hall–Kier alpha value is -1.06. The quantitative estimate of drug-likeness (QED) is 0.283.